The third-order valence-corrected chi connectivity index (χ3v) is 2.91. The van der Waals surface area contributed by atoms with E-state index in [1.807, 2.05) is 12.1 Å². The van der Waals surface area contributed by atoms with Crippen LogP contribution >= 0.6 is 11.6 Å². The van der Waals surface area contributed by atoms with Crippen molar-refractivity contribution in [3.63, 3.8) is 0 Å². The van der Waals surface area contributed by atoms with Crippen molar-refractivity contribution in [1.82, 2.24) is 15.0 Å². The maximum atomic E-state index is 11.0. The van der Waals surface area contributed by atoms with E-state index in [-0.39, 0.29) is 0 Å². The highest BCUT2D eigenvalue weighted by Gasteiger charge is 2.18. The van der Waals surface area contributed by atoms with Crippen molar-refractivity contribution >= 4 is 17.7 Å². The zero-order chi connectivity index (χ0) is 13.7. The number of aromatic nitrogens is 3. The van der Waals surface area contributed by atoms with Gasteiger partial charge in [0.1, 0.15) is 6.10 Å². The minimum absolute atomic E-state index is 0.487. The van der Waals surface area contributed by atoms with Crippen LogP contribution < -0.4 is 5.73 Å². The van der Waals surface area contributed by atoms with Crippen LogP contribution in [0.5, 0.6) is 0 Å². The van der Waals surface area contributed by atoms with Gasteiger partial charge in [-0.1, -0.05) is 29.8 Å². The van der Waals surface area contributed by atoms with Crippen molar-refractivity contribution in [1.29, 1.82) is 0 Å². The lowest BCUT2D eigenvalue weighted by molar-refractivity contribution is 0.0968. The molecule has 2 aromatic rings. The van der Waals surface area contributed by atoms with Gasteiger partial charge in [0, 0.05) is 17.0 Å². The van der Waals surface area contributed by atoms with Crippen LogP contribution in [-0.2, 0) is 11.3 Å². The molecule has 0 saturated carbocycles. The van der Waals surface area contributed by atoms with Crippen molar-refractivity contribution in [2.45, 2.75) is 19.1 Å². The fourth-order valence-corrected chi connectivity index (χ4v) is 2.00. The molecule has 2 rings (SSSR count). The van der Waals surface area contributed by atoms with Crippen molar-refractivity contribution in [3.8, 4) is 0 Å². The lowest BCUT2D eigenvalue weighted by Crippen LogP contribution is -2.19. The van der Waals surface area contributed by atoms with Gasteiger partial charge in [0.2, 0.25) is 0 Å². The summed E-state index contributed by atoms with van der Waals surface area (Å²) in [6, 6.07) is 7.17. The molecule has 0 bridgehead atoms. The second-order valence-corrected chi connectivity index (χ2v) is 4.27. The predicted octanol–water partition coefficient (Wildman–Crippen LogP) is 2.16. The number of carbonyl (C=O) groups excluding carboxylic acids is 1. The van der Waals surface area contributed by atoms with E-state index in [0.29, 0.717) is 18.0 Å². The maximum Gasteiger partial charge on any atom is 0.405 e. The van der Waals surface area contributed by atoms with Crippen LogP contribution in [0.3, 0.4) is 0 Å². The number of nitrogens with two attached hydrogens (primary N) is 1. The van der Waals surface area contributed by atoms with Crippen molar-refractivity contribution < 1.29 is 9.53 Å². The molecule has 1 atom stereocenters. The number of ether oxygens (including phenoxy) is 1. The third kappa shape index (κ3) is 3.69. The molecule has 1 aromatic carbocycles. The van der Waals surface area contributed by atoms with E-state index in [1.54, 1.807) is 24.5 Å². The van der Waals surface area contributed by atoms with Gasteiger partial charge in [-0.3, -0.25) is 0 Å². The number of hydrogen-bond acceptors (Lipinski definition) is 4. The van der Waals surface area contributed by atoms with Gasteiger partial charge in [0.05, 0.1) is 18.9 Å². The third-order valence-electron chi connectivity index (χ3n) is 2.57. The lowest BCUT2D eigenvalue weighted by Gasteiger charge is -2.17. The Kier molecular flexibility index (Phi) is 4.35. The first-order valence-electron chi connectivity index (χ1n) is 5.71. The van der Waals surface area contributed by atoms with E-state index in [2.05, 4.69) is 10.2 Å². The largest absolute Gasteiger partial charge is 0.441 e. The number of nitrogens with zero attached hydrogens (tertiary/aromatic N) is 3. The molecule has 1 aromatic heterocycles. The summed E-state index contributed by atoms with van der Waals surface area (Å²) in [6.07, 6.45) is 2.30. The highest BCUT2D eigenvalue weighted by molar-refractivity contribution is 6.31. The molecule has 1 heterocycles. The molecule has 0 aliphatic carbocycles. The maximum absolute atomic E-state index is 11.0. The molecule has 1 amide bonds. The number of benzene rings is 1. The molecule has 1 unspecified atom stereocenters. The van der Waals surface area contributed by atoms with E-state index in [1.165, 1.54) is 4.80 Å². The SMILES string of the molecule is NC(=O)OC(CCn1nccn1)c1ccccc1Cl. The standard InChI is InChI=1S/C12H13ClN4O2/c13-10-4-2-1-3-9(10)11(19-12(14)18)5-8-17-15-6-7-16-17/h1-4,6-7,11H,5,8H2,(H2,14,18). The van der Waals surface area contributed by atoms with Gasteiger partial charge in [0.15, 0.2) is 0 Å². The number of hydrogen-bond donors (Lipinski definition) is 1. The number of halogens is 1. The van der Waals surface area contributed by atoms with Crippen LogP contribution in [0, 0.1) is 0 Å². The Morgan fingerprint density at radius 2 is 2.05 bits per heavy atom. The fraction of sp³-hybridized carbons (Fsp3) is 0.250. The zero-order valence-electron chi connectivity index (χ0n) is 10.1. The molecule has 6 nitrogen and oxygen atoms in total. The number of amides is 1. The highest BCUT2D eigenvalue weighted by Crippen LogP contribution is 2.28. The summed E-state index contributed by atoms with van der Waals surface area (Å²) in [5.74, 6) is 0. The molecule has 0 aliphatic rings. The van der Waals surface area contributed by atoms with Crippen molar-refractivity contribution in [2.24, 2.45) is 5.73 Å². The molecule has 0 spiro atoms. The van der Waals surface area contributed by atoms with Crippen LogP contribution in [0.4, 0.5) is 4.79 Å². The molecule has 100 valence electrons. The lowest BCUT2D eigenvalue weighted by atomic mass is 10.1. The van der Waals surface area contributed by atoms with Crippen LogP contribution in [0.1, 0.15) is 18.1 Å². The summed E-state index contributed by atoms with van der Waals surface area (Å²) in [7, 11) is 0. The minimum Gasteiger partial charge on any atom is -0.441 e. The van der Waals surface area contributed by atoms with E-state index >= 15 is 0 Å². The van der Waals surface area contributed by atoms with Crippen LogP contribution in [0.15, 0.2) is 36.7 Å². The smallest absolute Gasteiger partial charge is 0.405 e. The molecule has 7 heteroatoms. The van der Waals surface area contributed by atoms with Crippen molar-refractivity contribution in [2.75, 3.05) is 0 Å². The van der Waals surface area contributed by atoms with Gasteiger partial charge < -0.3 is 10.5 Å². The monoisotopic (exact) mass is 280 g/mol. The Balaban J connectivity index is 2.11. The Hall–Kier alpha value is -2.08. The highest BCUT2D eigenvalue weighted by atomic mass is 35.5. The normalized spacial score (nSPS) is 12.1. The van der Waals surface area contributed by atoms with Gasteiger partial charge >= 0.3 is 6.09 Å². The Labute approximate surface area is 115 Å². The summed E-state index contributed by atoms with van der Waals surface area (Å²) in [4.78, 5) is 12.5. The number of primary amides is 1. The summed E-state index contributed by atoms with van der Waals surface area (Å²) in [6.45, 7) is 0.496. The molecule has 0 saturated heterocycles. The minimum atomic E-state index is -0.835. The summed E-state index contributed by atoms with van der Waals surface area (Å²) < 4.78 is 5.10. The van der Waals surface area contributed by atoms with Gasteiger partial charge in [-0.25, -0.2) is 4.79 Å². The van der Waals surface area contributed by atoms with Crippen LogP contribution in [0.25, 0.3) is 0 Å². The first kappa shape index (κ1) is 13.4. The Morgan fingerprint density at radius 1 is 1.37 bits per heavy atom. The molecule has 0 radical (unpaired) electrons. The van der Waals surface area contributed by atoms with Gasteiger partial charge in [0.25, 0.3) is 0 Å². The van der Waals surface area contributed by atoms with Crippen LogP contribution in [0.2, 0.25) is 5.02 Å². The molecule has 19 heavy (non-hydrogen) atoms. The van der Waals surface area contributed by atoms with Crippen molar-refractivity contribution in [3.05, 3.63) is 47.2 Å². The quantitative estimate of drug-likeness (QED) is 0.910. The predicted molar refractivity (Wildman–Crippen MR) is 69.5 cm³/mol. The second-order valence-electron chi connectivity index (χ2n) is 3.86. The molecule has 0 aliphatic heterocycles. The van der Waals surface area contributed by atoms with E-state index in [9.17, 15) is 4.79 Å². The summed E-state index contributed by atoms with van der Waals surface area (Å²) >= 11 is 6.09. The Morgan fingerprint density at radius 3 is 2.68 bits per heavy atom. The number of rotatable bonds is 5. The topological polar surface area (TPSA) is 83.0 Å². The number of carbonyl (C=O) groups is 1. The first-order chi connectivity index (χ1) is 9.16. The average molecular weight is 281 g/mol. The Bertz CT molecular complexity index is 544. The van der Waals surface area contributed by atoms with E-state index < -0.39 is 12.2 Å². The van der Waals surface area contributed by atoms with Gasteiger partial charge in [-0.05, 0) is 6.07 Å². The molecule has 2 N–H and O–H groups in total. The summed E-state index contributed by atoms with van der Waals surface area (Å²) in [5.41, 5.74) is 5.81. The van der Waals surface area contributed by atoms with E-state index in [0.717, 1.165) is 5.56 Å². The molecular weight excluding hydrogens is 268 g/mol. The van der Waals surface area contributed by atoms with Gasteiger partial charge in [-0.2, -0.15) is 15.0 Å². The molecular formula is C12H13ClN4O2. The van der Waals surface area contributed by atoms with Gasteiger partial charge in [-0.15, -0.1) is 0 Å². The van der Waals surface area contributed by atoms with Crippen LogP contribution in [-0.4, -0.2) is 21.1 Å². The first-order valence-corrected chi connectivity index (χ1v) is 6.09. The molecule has 0 fully saturated rings. The fourth-order valence-electron chi connectivity index (χ4n) is 1.75. The summed E-state index contributed by atoms with van der Waals surface area (Å²) in [5, 5.41) is 8.50. The zero-order valence-corrected chi connectivity index (χ0v) is 10.8. The number of aryl methyl sites for hydroxylation is 1. The average Bonchev–Trinajstić information content (AvgIpc) is 2.88. The second kappa shape index (κ2) is 6.19. The van der Waals surface area contributed by atoms with E-state index in [4.69, 9.17) is 22.1 Å².